The monoisotopic (exact) mass is 360 g/mol. The van der Waals surface area contributed by atoms with Crippen molar-refractivity contribution < 1.29 is 14.1 Å². The van der Waals surface area contributed by atoms with E-state index in [1.807, 2.05) is 30.3 Å². The lowest BCUT2D eigenvalue weighted by Gasteiger charge is -2.07. The molecule has 1 heterocycles. The van der Waals surface area contributed by atoms with Crippen molar-refractivity contribution in [3.8, 4) is 0 Å². The summed E-state index contributed by atoms with van der Waals surface area (Å²) in [5.74, 6) is -0.646. The van der Waals surface area contributed by atoms with Crippen molar-refractivity contribution in [2.75, 3.05) is 5.32 Å². The summed E-state index contributed by atoms with van der Waals surface area (Å²) in [5, 5.41) is 15.7. The molecule has 0 saturated carbocycles. The number of amides is 1. The first-order chi connectivity index (χ1) is 13.0. The van der Waals surface area contributed by atoms with Gasteiger partial charge in [-0.05, 0) is 35.0 Å². The average Bonchev–Trinajstić information content (AvgIpc) is 2.67. The number of fused-ring (bicyclic) bond motifs is 3. The highest BCUT2D eigenvalue weighted by Gasteiger charge is 2.16. The Morgan fingerprint density at radius 1 is 0.963 bits per heavy atom. The summed E-state index contributed by atoms with van der Waals surface area (Å²) in [6.45, 7) is 0. The highest BCUT2D eigenvalue weighted by molar-refractivity contribution is 6.10. The van der Waals surface area contributed by atoms with Crippen molar-refractivity contribution in [1.29, 1.82) is 0 Å². The van der Waals surface area contributed by atoms with Crippen LogP contribution in [0.2, 0.25) is 0 Å². The van der Waals surface area contributed by atoms with E-state index in [1.54, 1.807) is 6.07 Å². The predicted octanol–water partition coefficient (Wildman–Crippen LogP) is 4.11. The van der Waals surface area contributed by atoms with Crippen LogP contribution in [0.4, 0.5) is 11.4 Å². The molecule has 4 rings (SSSR count). The van der Waals surface area contributed by atoms with Gasteiger partial charge in [0, 0.05) is 23.2 Å². The summed E-state index contributed by atoms with van der Waals surface area (Å²) >= 11 is 0. The molecule has 7 nitrogen and oxygen atoms in total. The van der Waals surface area contributed by atoms with Gasteiger partial charge in [0.25, 0.3) is 11.6 Å². The largest absolute Gasteiger partial charge is 0.422 e. The van der Waals surface area contributed by atoms with Gasteiger partial charge in [0.05, 0.1) is 4.92 Å². The van der Waals surface area contributed by atoms with Crippen LogP contribution < -0.4 is 10.9 Å². The number of anilines is 1. The van der Waals surface area contributed by atoms with E-state index in [-0.39, 0.29) is 11.3 Å². The smallest absolute Gasteiger partial charge is 0.349 e. The van der Waals surface area contributed by atoms with Gasteiger partial charge in [0.1, 0.15) is 11.1 Å². The van der Waals surface area contributed by atoms with Crippen LogP contribution in [-0.4, -0.2) is 10.8 Å². The predicted molar refractivity (Wildman–Crippen MR) is 101 cm³/mol. The van der Waals surface area contributed by atoms with Crippen molar-refractivity contribution in [3.05, 3.63) is 92.8 Å². The van der Waals surface area contributed by atoms with Gasteiger partial charge in [-0.3, -0.25) is 14.9 Å². The molecule has 0 saturated heterocycles. The maximum absolute atomic E-state index is 12.5. The van der Waals surface area contributed by atoms with E-state index in [1.165, 1.54) is 30.3 Å². The molecule has 7 heteroatoms. The highest BCUT2D eigenvalue weighted by atomic mass is 16.6. The van der Waals surface area contributed by atoms with Crippen LogP contribution in [0.5, 0.6) is 0 Å². The van der Waals surface area contributed by atoms with Crippen molar-refractivity contribution >= 4 is 39.0 Å². The zero-order valence-corrected chi connectivity index (χ0v) is 13.8. The number of carbonyl (C=O) groups excluding carboxylic acids is 1. The fourth-order valence-corrected chi connectivity index (χ4v) is 2.89. The minimum atomic E-state index is -0.753. The zero-order chi connectivity index (χ0) is 19.0. The van der Waals surface area contributed by atoms with E-state index in [9.17, 15) is 19.7 Å². The molecule has 0 aliphatic rings. The first-order valence-electron chi connectivity index (χ1n) is 8.04. The number of nitrogens with zero attached hydrogens (tertiary/aromatic N) is 1. The van der Waals surface area contributed by atoms with Gasteiger partial charge in [0.2, 0.25) is 0 Å². The van der Waals surface area contributed by atoms with E-state index in [0.29, 0.717) is 16.7 Å². The number of nitrogens with one attached hydrogen (secondary N) is 1. The van der Waals surface area contributed by atoms with Gasteiger partial charge in [0.15, 0.2) is 0 Å². The van der Waals surface area contributed by atoms with Crippen LogP contribution in [-0.2, 0) is 0 Å². The summed E-state index contributed by atoms with van der Waals surface area (Å²) in [5.41, 5.74) is -0.257. The molecule has 0 aliphatic heterocycles. The first-order valence-corrected chi connectivity index (χ1v) is 8.04. The molecule has 27 heavy (non-hydrogen) atoms. The molecule has 0 aliphatic carbocycles. The SMILES string of the molecule is O=C(Nc1ccc([N+](=O)[O-])cc1)c1cc2c(ccc3ccccc32)oc1=O. The molecule has 132 valence electrons. The molecule has 0 bridgehead atoms. The lowest BCUT2D eigenvalue weighted by atomic mass is 10.0. The Kier molecular flexibility index (Phi) is 3.89. The summed E-state index contributed by atoms with van der Waals surface area (Å²) in [6.07, 6.45) is 0. The molecule has 1 amide bonds. The van der Waals surface area contributed by atoms with Crippen LogP contribution in [0.25, 0.3) is 21.7 Å². The van der Waals surface area contributed by atoms with Crippen LogP contribution in [0.1, 0.15) is 10.4 Å². The van der Waals surface area contributed by atoms with Gasteiger partial charge in [-0.15, -0.1) is 0 Å². The van der Waals surface area contributed by atoms with Crippen molar-refractivity contribution in [3.63, 3.8) is 0 Å². The minimum Gasteiger partial charge on any atom is -0.422 e. The third-order valence-corrected chi connectivity index (χ3v) is 4.22. The Morgan fingerprint density at radius 2 is 1.70 bits per heavy atom. The number of hydrogen-bond acceptors (Lipinski definition) is 5. The van der Waals surface area contributed by atoms with E-state index >= 15 is 0 Å². The lowest BCUT2D eigenvalue weighted by molar-refractivity contribution is -0.384. The van der Waals surface area contributed by atoms with Gasteiger partial charge >= 0.3 is 5.63 Å². The Morgan fingerprint density at radius 3 is 2.44 bits per heavy atom. The molecule has 0 fully saturated rings. The number of nitro benzene ring substituents is 1. The summed E-state index contributed by atoms with van der Waals surface area (Å²) in [7, 11) is 0. The Labute approximate surface area is 152 Å². The molecular formula is C20H12N2O5. The second-order valence-corrected chi connectivity index (χ2v) is 5.90. The number of hydrogen-bond donors (Lipinski definition) is 1. The number of non-ortho nitro benzene ring substituents is 1. The van der Waals surface area contributed by atoms with Crippen LogP contribution in [0, 0.1) is 10.1 Å². The third-order valence-electron chi connectivity index (χ3n) is 4.22. The third kappa shape index (κ3) is 3.02. The lowest BCUT2D eigenvalue weighted by Crippen LogP contribution is -2.20. The quantitative estimate of drug-likeness (QED) is 0.256. The first kappa shape index (κ1) is 16.5. The van der Waals surface area contributed by atoms with Gasteiger partial charge in [-0.25, -0.2) is 4.79 Å². The summed E-state index contributed by atoms with van der Waals surface area (Å²) in [4.78, 5) is 34.9. The number of benzene rings is 3. The molecule has 3 aromatic carbocycles. The van der Waals surface area contributed by atoms with Crippen molar-refractivity contribution in [1.82, 2.24) is 0 Å². The molecule has 4 aromatic rings. The number of nitro groups is 1. The summed E-state index contributed by atoms with van der Waals surface area (Å²) < 4.78 is 5.30. The summed E-state index contributed by atoms with van der Waals surface area (Å²) in [6, 6.07) is 17.9. The van der Waals surface area contributed by atoms with Crippen LogP contribution in [0.15, 0.2) is 75.9 Å². The maximum atomic E-state index is 12.5. The van der Waals surface area contributed by atoms with E-state index in [4.69, 9.17) is 4.42 Å². The van der Waals surface area contributed by atoms with E-state index in [0.717, 1.165) is 10.8 Å². The second-order valence-electron chi connectivity index (χ2n) is 5.90. The Bertz CT molecular complexity index is 1260. The normalized spacial score (nSPS) is 10.8. The Hall–Kier alpha value is -4.00. The minimum absolute atomic E-state index is 0.0929. The molecular weight excluding hydrogens is 348 g/mol. The van der Waals surface area contributed by atoms with Crippen LogP contribution >= 0.6 is 0 Å². The van der Waals surface area contributed by atoms with E-state index < -0.39 is 16.5 Å². The molecule has 0 unspecified atom stereocenters. The maximum Gasteiger partial charge on any atom is 0.349 e. The molecule has 0 radical (unpaired) electrons. The fourth-order valence-electron chi connectivity index (χ4n) is 2.89. The molecule has 1 aromatic heterocycles. The molecule has 1 N–H and O–H groups in total. The van der Waals surface area contributed by atoms with Crippen molar-refractivity contribution in [2.45, 2.75) is 0 Å². The fraction of sp³-hybridized carbons (Fsp3) is 0. The van der Waals surface area contributed by atoms with Crippen LogP contribution in [0.3, 0.4) is 0 Å². The van der Waals surface area contributed by atoms with Gasteiger partial charge in [-0.2, -0.15) is 0 Å². The van der Waals surface area contributed by atoms with Gasteiger partial charge in [-0.1, -0.05) is 30.3 Å². The van der Waals surface area contributed by atoms with E-state index in [2.05, 4.69) is 5.32 Å². The zero-order valence-electron chi connectivity index (χ0n) is 13.8. The average molecular weight is 360 g/mol. The van der Waals surface area contributed by atoms with Gasteiger partial charge < -0.3 is 9.73 Å². The van der Waals surface area contributed by atoms with Crippen molar-refractivity contribution in [2.24, 2.45) is 0 Å². The topological polar surface area (TPSA) is 102 Å². The highest BCUT2D eigenvalue weighted by Crippen LogP contribution is 2.25. The molecule has 0 atom stereocenters. The second kappa shape index (κ2) is 6.38. The Balaban J connectivity index is 1.74. The molecule has 0 spiro atoms. The standard InChI is InChI=1S/C20H12N2O5/c23-19(21-13-6-8-14(9-7-13)22(25)26)17-11-16-15-4-2-1-3-12(15)5-10-18(16)27-20(17)24/h1-11H,(H,21,23). The number of carbonyl (C=O) groups is 1. The number of rotatable bonds is 3.